The predicted molar refractivity (Wildman–Crippen MR) is 78.6 cm³/mol. The van der Waals surface area contributed by atoms with E-state index >= 15 is 0 Å². The summed E-state index contributed by atoms with van der Waals surface area (Å²) in [6, 6.07) is 4.58. The van der Waals surface area contributed by atoms with Gasteiger partial charge in [-0.15, -0.1) is 0 Å². The highest BCUT2D eigenvalue weighted by Gasteiger charge is 2.46. The summed E-state index contributed by atoms with van der Waals surface area (Å²) >= 11 is 6.06. The molecule has 1 saturated heterocycles. The lowest BCUT2D eigenvalue weighted by Gasteiger charge is -2.46. The van der Waals surface area contributed by atoms with Crippen LogP contribution in [0.15, 0.2) is 23.1 Å². The minimum absolute atomic E-state index is 0.190. The smallest absolute Gasteiger partial charge is 0.182 e. The highest BCUT2D eigenvalue weighted by molar-refractivity contribution is 7.92. The van der Waals surface area contributed by atoms with Gasteiger partial charge in [-0.05, 0) is 50.3 Å². The zero-order chi connectivity index (χ0) is 14.4. The van der Waals surface area contributed by atoms with Gasteiger partial charge in [0.2, 0.25) is 0 Å². The number of rotatable bonds is 2. The van der Waals surface area contributed by atoms with Crippen LogP contribution in [0.1, 0.15) is 32.1 Å². The molecule has 1 aromatic carbocycles. The van der Waals surface area contributed by atoms with Crippen molar-refractivity contribution in [3.63, 3.8) is 0 Å². The second kappa shape index (κ2) is 4.90. The van der Waals surface area contributed by atoms with E-state index in [1.807, 2.05) is 0 Å². The summed E-state index contributed by atoms with van der Waals surface area (Å²) in [5, 5.41) is -0.197. The third-order valence-corrected chi connectivity index (χ3v) is 7.09. The number of hydrogen-bond acceptors (Lipinski definition) is 4. The number of benzene rings is 1. The molecule has 1 unspecified atom stereocenters. The van der Waals surface area contributed by atoms with Crippen molar-refractivity contribution < 1.29 is 13.2 Å². The molecule has 20 heavy (non-hydrogen) atoms. The van der Waals surface area contributed by atoms with Gasteiger partial charge in [0.15, 0.2) is 9.84 Å². The first-order valence-corrected chi connectivity index (χ1v) is 8.78. The molecule has 1 aliphatic heterocycles. The highest BCUT2D eigenvalue weighted by atomic mass is 35.5. The van der Waals surface area contributed by atoms with Gasteiger partial charge in [0.25, 0.3) is 0 Å². The van der Waals surface area contributed by atoms with E-state index in [2.05, 4.69) is 0 Å². The molecular weight excluding hydrogens is 298 g/mol. The lowest BCUT2D eigenvalue weighted by molar-refractivity contribution is -0.125. The zero-order valence-corrected chi connectivity index (χ0v) is 12.7. The first-order valence-electron chi connectivity index (χ1n) is 6.86. The van der Waals surface area contributed by atoms with Gasteiger partial charge in [0.05, 0.1) is 20.8 Å². The summed E-state index contributed by atoms with van der Waals surface area (Å²) in [7, 11) is -3.42. The number of hydrogen-bond donors (Lipinski definition) is 1. The Balaban J connectivity index is 1.91. The molecule has 110 valence electrons. The number of sulfone groups is 1. The van der Waals surface area contributed by atoms with Crippen LogP contribution < -0.4 is 5.73 Å². The van der Waals surface area contributed by atoms with Crippen LogP contribution in [0.5, 0.6) is 0 Å². The third-order valence-electron chi connectivity index (χ3n) is 4.41. The van der Waals surface area contributed by atoms with E-state index in [1.54, 1.807) is 6.07 Å². The molecule has 1 aromatic rings. The van der Waals surface area contributed by atoms with Crippen molar-refractivity contribution in [3.05, 3.63) is 23.2 Å². The van der Waals surface area contributed by atoms with Crippen molar-refractivity contribution in [3.8, 4) is 0 Å². The van der Waals surface area contributed by atoms with E-state index in [-0.39, 0.29) is 15.5 Å². The van der Waals surface area contributed by atoms with Crippen LogP contribution in [0.4, 0.5) is 5.69 Å². The molecule has 1 atom stereocenters. The van der Waals surface area contributed by atoms with E-state index in [0.717, 1.165) is 19.3 Å². The van der Waals surface area contributed by atoms with Crippen LogP contribution in [-0.4, -0.2) is 25.9 Å². The summed E-state index contributed by atoms with van der Waals surface area (Å²) in [5.74, 6) is 0. The summed E-state index contributed by atoms with van der Waals surface area (Å²) in [4.78, 5) is 0.190. The Morgan fingerprint density at radius 3 is 2.70 bits per heavy atom. The van der Waals surface area contributed by atoms with Crippen LogP contribution in [-0.2, 0) is 14.6 Å². The maximum Gasteiger partial charge on any atom is 0.182 e. The Morgan fingerprint density at radius 2 is 2.10 bits per heavy atom. The van der Waals surface area contributed by atoms with Gasteiger partial charge in [0.1, 0.15) is 0 Å². The summed E-state index contributed by atoms with van der Waals surface area (Å²) in [6.07, 6.45) is 4.17. The van der Waals surface area contributed by atoms with Gasteiger partial charge in [-0.2, -0.15) is 0 Å². The number of ether oxygens (including phenoxy) is 1. The van der Waals surface area contributed by atoms with Crippen LogP contribution in [0.2, 0.25) is 5.02 Å². The predicted octanol–water partition coefficient (Wildman–Crippen LogP) is 2.80. The highest BCUT2D eigenvalue weighted by Crippen LogP contribution is 2.45. The number of anilines is 1. The normalized spacial score (nSPS) is 25.4. The molecule has 0 radical (unpaired) electrons. The van der Waals surface area contributed by atoms with Gasteiger partial charge in [0, 0.05) is 12.3 Å². The fourth-order valence-electron chi connectivity index (χ4n) is 3.09. The van der Waals surface area contributed by atoms with Crippen molar-refractivity contribution in [2.75, 3.05) is 12.3 Å². The summed E-state index contributed by atoms with van der Waals surface area (Å²) in [6.45, 7) is 0.510. The lowest BCUT2D eigenvalue weighted by atomic mass is 9.75. The van der Waals surface area contributed by atoms with Gasteiger partial charge in [-0.3, -0.25) is 0 Å². The van der Waals surface area contributed by atoms with Crippen molar-refractivity contribution in [1.29, 1.82) is 0 Å². The molecular formula is C14H18ClNO3S. The van der Waals surface area contributed by atoms with Crippen LogP contribution in [0.25, 0.3) is 0 Å². The monoisotopic (exact) mass is 315 g/mol. The van der Waals surface area contributed by atoms with E-state index < -0.39 is 15.1 Å². The van der Waals surface area contributed by atoms with Crippen LogP contribution >= 0.6 is 11.6 Å². The third kappa shape index (κ3) is 2.32. The fraction of sp³-hybridized carbons (Fsp3) is 0.571. The van der Waals surface area contributed by atoms with Gasteiger partial charge in [-0.25, -0.2) is 8.42 Å². The Labute approximate surface area is 124 Å². The molecule has 1 spiro atoms. The molecule has 3 rings (SSSR count). The van der Waals surface area contributed by atoms with Crippen LogP contribution in [0, 0.1) is 0 Å². The fourth-order valence-corrected chi connectivity index (χ4v) is 5.48. The maximum absolute atomic E-state index is 12.8. The Hall–Kier alpha value is -0.780. The van der Waals surface area contributed by atoms with Crippen molar-refractivity contribution in [1.82, 2.24) is 0 Å². The SMILES string of the molecule is Nc1ccc(S(=O)(=O)C2CCOC3(CCC3)C2)c(Cl)c1. The van der Waals surface area contributed by atoms with E-state index in [1.165, 1.54) is 12.1 Å². The minimum atomic E-state index is -3.42. The standard InChI is InChI=1S/C14H18ClNO3S/c15-12-8-10(16)2-3-13(12)20(17,18)11-4-7-19-14(9-11)5-1-6-14/h2-3,8,11H,1,4-7,9,16H2. The molecule has 1 aliphatic carbocycles. The van der Waals surface area contributed by atoms with E-state index in [0.29, 0.717) is 25.1 Å². The quantitative estimate of drug-likeness (QED) is 0.852. The van der Waals surface area contributed by atoms with Crippen molar-refractivity contribution >= 4 is 27.1 Å². The van der Waals surface area contributed by atoms with Gasteiger partial charge in [-0.1, -0.05) is 11.6 Å². The molecule has 2 fully saturated rings. The second-order valence-electron chi connectivity index (χ2n) is 5.73. The average molecular weight is 316 g/mol. The molecule has 0 amide bonds. The topological polar surface area (TPSA) is 69.4 Å². The molecule has 6 heteroatoms. The molecule has 2 N–H and O–H groups in total. The Kier molecular flexibility index (Phi) is 3.47. The van der Waals surface area contributed by atoms with E-state index in [4.69, 9.17) is 22.1 Å². The number of halogens is 1. The summed E-state index contributed by atoms with van der Waals surface area (Å²) < 4.78 is 31.3. The molecule has 0 bridgehead atoms. The molecule has 1 saturated carbocycles. The zero-order valence-electron chi connectivity index (χ0n) is 11.1. The molecule has 4 nitrogen and oxygen atoms in total. The van der Waals surface area contributed by atoms with Gasteiger partial charge >= 0.3 is 0 Å². The summed E-state index contributed by atoms with van der Waals surface area (Å²) in [5.41, 5.74) is 5.89. The van der Waals surface area contributed by atoms with Crippen LogP contribution in [0.3, 0.4) is 0 Å². The van der Waals surface area contributed by atoms with E-state index in [9.17, 15) is 8.42 Å². The van der Waals surface area contributed by atoms with Gasteiger partial charge < -0.3 is 10.5 Å². The lowest BCUT2D eigenvalue weighted by Crippen LogP contribution is -2.49. The first-order chi connectivity index (χ1) is 9.43. The molecule has 1 heterocycles. The number of nitrogens with two attached hydrogens (primary N) is 1. The molecule has 0 aromatic heterocycles. The first kappa shape index (κ1) is 14.2. The second-order valence-corrected chi connectivity index (χ2v) is 8.34. The largest absolute Gasteiger partial charge is 0.399 e. The number of nitrogen functional groups attached to an aromatic ring is 1. The average Bonchev–Trinajstić information content (AvgIpc) is 2.36. The maximum atomic E-state index is 12.8. The molecule has 2 aliphatic rings. The van der Waals surface area contributed by atoms with Crippen molar-refractivity contribution in [2.24, 2.45) is 0 Å². The Bertz CT molecular complexity index is 625. The van der Waals surface area contributed by atoms with Crippen molar-refractivity contribution in [2.45, 2.75) is 47.9 Å². The Morgan fingerprint density at radius 1 is 1.35 bits per heavy atom. The minimum Gasteiger partial charge on any atom is -0.399 e.